The molecule has 6 heteroatoms. The van der Waals surface area contributed by atoms with E-state index in [2.05, 4.69) is 69.7 Å². The number of hydrazone groups is 1. The van der Waals surface area contributed by atoms with Gasteiger partial charge >= 0.3 is 0 Å². The van der Waals surface area contributed by atoms with Crippen molar-refractivity contribution in [3.63, 3.8) is 0 Å². The third-order valence-corrected chi connectivity index (χ3v) is 5.03. The number of hydrogen-bond acceptors (Lipinski definition) is 3. The van der Waals surface area contributed by atoms with Gasteiger partial charge in [0.05, 0.1) is 12.8 Å². The normalized spacial score (nSPS) is 12.0. The standard InChI is InChI=1S/C24H25BrN4O/c1-17(2)21-9-7-19(8-10-21)13-18(3)15-26-27-24(30)23-11-12-29(28-23)16-20-5-4-6-22(25)14-20/h4-15,17H,16H2,1-3H3,(H,27,30)/b18-13-,26-15-. The fourth-order valence-electron chi connectivity index (χ4n) is 2.92. The Morgan fingerprint density at radius 1 is 1.20 bits per heavy atom. The molecule has 154 valence electrons. The zero-order valence-corrected chi connectivity index (χ0v) is 18.9. The molecule has 30 heavy (non-hydrogen) atoms. The van der Waals surface area contributed by atoms with Crippen molar-refractivity contribution in [1.29, 1.82) is 0 Å². The highest BCUT2D eigenvalue weighted by atomic mass is 79.9. The van der Waals surface area contributed by atoms with Crippen molar-refractivity contribution >= 4 is 34.1 Å². The van der Waals surface area contributed by atoms with Crippen molar-refractivity contribution in [2.45, 2.75) is 33.2 Å². The first kappa shape index (κ1) is 21.7. The molecule has 3 rings (SSSR count). The minimum Gasteiger partial charge on any atom is -0.268 e. The average molecular weight is 465 g/mol. The van der Waals surface area contributed by atoms with Crippen LogP contribution in [0.3, 0.4) is 0 Å². The summed E-state index contributed by atoms with van der Waals surface area (Å²) < 4.78 is 2.74. The highest BCUT2D eigenvalue weighted by Gasteiger charge is 2.08. The van der Waals surface area contributed by atoms with E-state index in [1.54, 1.807) is 23.2 Å². The number of carbonyl (C=O) groups excluding carboxylic acids is 1. The minimum absolute atomic E-state index is 0.327. The van der Waals surface area contributed by atoms with Crippen LogP contribution >= 0.6 is 15.9 Å². The molecule has 3 aromatic rings. The number of nitrogens with zero attached hydrogens (tertiary/aromatic N) is 3. The second kappa shape index (κ2) is 10.2. The highest BCUT2D eigenvalue weighted by molar-refractivity contribution is 9.10. The van der Waals surface area contributed by atoms with Crippen molar-refractivity contribution in [1.82, 2.24) is 15.2 Å². The Morgan fingerprint density at radius 3 is 2.67 bits per heavy atom. The molecule has 1 N–H and O–H groups in total. The number of amides is 1. The summed E-state index contributed by atoms with van der Waals surface area (Å²) >= 11 is 3.46. The Kier molecular flexibility index (Phi) is 7.36. The Hall–Kier alpha value is -2.99. The molecule has 0 aliphatic heterocycles. The van der Waals surface area contributed by atoms with Gasteiger partial charge < -0.3 is 0 Å². The van der Waals surface area contributed by atoms with Gasteiger partial charge in [-0.3, -0.25) is 9.48 Å². The Morgan fingerprint density at radius 2 is 1.97 bits per heavy atom. The van der Waals surface area contributed by atoms with E-state index in [1.807, 2.05) is 37.3 Å². The molecule has 5 nitrogen and oxygen atoms in total. The van der Waals surface area contributed by atoms with Gasteiger partial charge in [0.2, 0.25) is 0 Å². The number of aromatic nitrogens is 2. The van der Waals surface area contributed by atoms with Gasteiger partial charge in [-0.05, 0) is 53.3 Å². The minimum atomic E-state index is -0.340. The lowest BCUT2D eigenvalue weighted by Gasteiger charge is -2.05. The molecule has 1 amide bonds. The van der Waals surface area contributed by atoms with Gasteiger partial charge in [-0.2, -0.15) is 10.2 Å². The Labute approximate surface area is 185 Å². The van der Waals surface area contributed by atoms with Crippen LogP contribution in [0.5, 0.6) is 0 Å². The third kappa shape index (κ3) is 6.26. The second-order valence-corrected chi connectivity index (χ2v) is 8.35. The molecule has 0 atom stereocenters. The van der Waals surface area contributed by atoms with E-state index < -0.39 is 0 Å². The van der Waals surface area contributed by atoms with E-state index in [0.717, 1.165) is 21.2 Å². The van der Waals surface area contributed by atoms with Crippen LogP contribution in [0, 0.1) is 0 Å². The lowest BCUT2D eigenvalue weighted by atomic mass is 10.0. The third-order valence-electron chi connectivity index (χ3n) is 4.54. The largest absolute Gasteiger partial charge is 0.291 e. The number of nitrogens with one attached hydrogen (secondary N) is 1. The maximum Gasteiger partial charge on any atom is 0.291 e. The predicted octanol–water partition coefficient (Wildman–Crippen LogP) is 5.64. The van der Waals surface area contributed by atoms with Crippen LogP contribution in [-0.2, 0) is 6.54 Å². The number of halogens is 1. The number of benzene rings is 2. The molecule has 0 saturated carbocycles. The van der Waals surface area contributed by atoms with Crippen LogP contribution < -0.4 is 5.43 Å². The van der Waals surface area contributed by atoms with Gasteiger partial charge in [0.1, 0.15) is 0 Å². The van der Waals surface area contributed by atoms with Crippen molar-refractivity contribution < 1.29 is 4.79 Å². The molecule has 0 radical (unpaired) electrons. The van der Waals surface area contributed by atoms with Crippen LogP contribution in [0.25, 0.3) is 6.08 Å². The number of rotatable bonds is 7. The fraction of sp³-hybridized carbons (Fsp3) is 0.208. The molecule has 1 heterocycles. The summed E-state index contributed by atoms with van der Waals surface area (Å²) in [6.45, 7) is 6.89. The first-order valence-electron chi connectivity index (χ1n) is 9.80. The molecule has 0 bridgehead atoms. The monoisotopic (exact) mass is 464 g/mol. The molecule has 0 aliphatic rings. The summed E-state index contributed by atoms with van der Waals surface area (Å²) in [5.41, 5.74) is 7.30. The zero-order valence-electron chi connectivity index (χ0n) is 17.3. The summed E-state index contributed by atoms with van der Waals surface area (Å²) in [6.07, 6.45) is 5.44. The first-order chi connectivity index (χ1) is 14.4. The summed E-state index contributed by atoms with van der Waals surface area (Å²) in [4.78, 5) is 12.3. The topological polar surface area (TPSA) is 59.3 Å². The number of allylic oxidation sites excluding steroid dienone is 1. The van der Waals surface area contributed by atoms with Gasteiger partial charge in [-0.15, -0.1) is 0 Å². The quantitative estimate of drug-likeness (QED) is 0.363. The number of carbonyl (C=O) groups is 1. The van der Waals surface area contributed by atoms with Crippen LogP contribution in [0.1, 0.15) is 53.9 Å². The smallest absolute Gasteiger partial charge is 0.268 e. The molecular formula is C24H25BrN4O. The van der Waals surface area contributed by atoms with Crippen LogP contribution in [0.4, 0.5) is 0 Å². The van der Waals surface area contributed by atoms with Gasteiger partial charge in [-0.1, -0.05) is 72.3 Å². The van der Waals surface area contributed by atoms with E-state index in [0.29, 0.717) is 18.2 Å². The molecule has 2 aromatic carbocycles. The van der Waals surface area contributed by atoms with Gasteiger partial charge in [0.15, 0.2) is 5.69 Å². The second-order valence-electron chi connectivity index (χ2n) is 7.44. The Bertz CT molecular complexity index is 1060. The summed E-state index contributed by atoms with van der Waals surface area (Å²) in [7, 11) is 0. The van der Waals surface area contributed by atoms with E-state index in [1.165, 1.54) is 5.56 Å². The SMILES string of the molecule is CC(/C=N\NC(=O)c1ccn(Cc2cccc(Br)c2)n1)=C/c1ccc(C(C)C)cc1. The summed E-state index contributed by atoms with van der Waals surface area (Å²) in [5, 5.41) is 8.37. The number of hydrogen-bond donors (Lipinski definition) is 1. The van der Waals surface area contributed by atoms with Gasteiger partial charge in [-0.25, -0.2) is 5.43 Å². The lowest BCUT2D eigenvalue weighted by Crippen LogP contribution is -2.18. The van der Waals surface area contributed by atoms with Crippen molar-refractivity contribution in [3.05, 3.63) is 93.2 Å². The molecule has 0 spiro atoms. The van der Waals surface area contributed by atoms with E-state index >= 15 is 0 Å². The molecule has 0 saturated heterocycles. The zero-order chi connectivity index (χ0) is 21.5. The van der Waals surface area contributed by atoms with Crippen molar-refractivity contribution in [3.8, 4) is 0 Å². The lowest BCUT2D eigenvalue weighted by molar-refractivity contribution is 0.0949. The molecule has 1 aromatic heterocycles. The first-order valence-corrected chi connectivity index (χ1v) is 10.6. The van der Waals surface area contributed by atoms with Gasteiger partial charge in [0.25, 0.3) is 5.91 Å². The van der Waals surface area contributed by atoms with Crippen molar-refractivity contribution in [2.24, 2.45) is 5.10 Å². The van der Waals surface area contributed by atoms with E-state index in [9.17, 15) is 4.79 Å². The summed E-state index contributed by atoms with van der Waals surface area (Å²) in [6, 6.07) is 18.1. The fourth-order valence-corrected chi connectivity index (χ4v) is 3.37. The van der Waals surface area contributed by atoms with E-state index in [4.69, 9.17) is 0 Å². The van der Waals surface area contributed by atoms with Crippen molar-refractivity contribution in [2.75, 3.05) is 0 Å². The van der Waals surface area contributed by atoms with Crippen LogP contribution in [0.15, 0.2) is 75.9 Å². The highest BCUT2D eigenvalue weighted by Crippen LogP contribution is 2.16. The average Bonchev–Trinajstić information content (AvgIpc) is 3.17. The molecule has 0 unspecified atom stereocenters. The predicted molar refractivity (Wildman–Crippen MR) is 126 cm³/mol. The maximum atomic E-state index is 12.3. The van der Waals surface area contributed by atoms with Gasteiger partial charge in [0, 0.05) is 10.7 Å². The molecule has 0 aliphatic carbocycles. The Balaban J connectivity index is 1.55. The maximum absolute atomic E-state index is 12.3. The van der Waals surface area contributed by atoms with Crippen LogP contribution in [0.2, 0.25) is 0 Å². The molecular weight excluding hydrogens is 440 g/mol. The molecule has 0 fully saturated rings. The summed E-state index contributed by atoms with van der Waals surface area (Å²) in [5.74, 6) is 0.173. The van der Waals surface area contributed by atoms with Crippen LogP contribution in [-0.4, -0.2) is 21.9 Å². The van der Waals surface area contributed by atoms with E-state index in [-0.39, 0.29) is 5.91 Å².